The lowest BCUT2D eigenvalue weighted by Gasteiger charge is -2.23. The van der Waals surface area contributed by atoms with Gasteiger partial charge in [0, 0.05) is 24.7 Å². The van der Waals surface area contributed by atoms with Crippen molar-refractivity contribution in [2.75, 3.05) is 18.8 Å². The largest absolute Gasteiger partial charge is 0.383 e. The summed E-state index contributed by atoms with van der Waals surface area (Å²) in [4.78, 5) is 20.8. The second-order valence-electron chi connectivity index (χ2n) is 8.38. The molecule has 180 valence electrons. The van der Waals surface area contributed by atoms with E-state index in [1.54, 1.807) is 12.1 Å². The Labute approximate surface area is 198 Å². The Morgan fingerprint density at radius 3 is 2.63 bits per heavy atom. The Bertz CT molecular complexity index is 1400. The average Bonchev–Trinajstić information content (AvgIpc) is 3.27. The SMILES string of the molecule is Nc1ncnc2c1c(-c1ccc(CNC(=O)c3cc(F)c(F)cc3F)cc1)nn2[C@@H]1CCCNC1. The molecule has 0 bridgehead atoms. The van der Waals surface area contributed by atoms with Crippen molar-refractivity contribution in [3.05, 3.63) is 71.3 Å². The maximum absolute atomic E-state index is 13.8. The summed E-state index contributed by atoms with van der Waals surface area (Å²) in [7, 11) is 0. The van der Waals surface area contributed by atoms with Crippen LogP contribution >= 0.6 is 0 Å². The molecular formula is C24H22F3N7O. The number of fused-ring (bicyclic) bond motifs is 1. The molecule has 8 nitrogen and oxygen atoms in total. The molecule has 0 saturated carbocycles. The fourth-order valence-electron chi connectivity index (χ4n) is 4.25. The molecule has 2 aromatic carbocycles. The van der Waals surface area contributed by atoms with E-state index in [-0.39, 0.29) is 12.6 Å². The van der Waals surface area contributed by atoms with Crippen molar-refractivity contribution in [2.45, 2.75) is 25.4 Å². The smallest absolute Gasteiger partial charge is 0.254 e. The molecule has 2 aromatic heterocycles. The predicted molar refractivity (Wildman–Crippen MR) is 124 cm³/mol. The maximum atomic E-state index is 13.8. The third kappa shape index (κ3) is 4.42. The highest BCUT2D eigenvalue weighted by Gasteiger charge is 2.23. The van der Waals surface area contributed by atoms with E-state index in [2.05, 4.69) is 20.6 Å². The summed E-state index contributed by atoms with van der Waals surface area (Å²) in [5.74, 6) is -4.28. The van der Waals surface area contributed by atoms with Crippen LogP contribution in [-0.2, 0) is 6.54 Å². The lowest BCUT2D eigenvalue weighted by molar-refractivity contribution is 0.0946. The van der Waals surface area contributed by atoms with E-state index in [9.17, 15) is 18.0 Å². The van der Waals surface area contributed by atoms with Crippen molar-refractivity contribution >= 4 is 22.8 Å². The fraction of sp³-hybridized carbons (Fsp3) is 0.250. The van der Waals surface area contributed by atoms with Crippen molar-refractivity contribution in [3.63, 3.8) is 0 Å². The summed E-state index contributed by atoms with van der Waals surface area (Å²) in [6.45, 7) is 1.82. The highest BCUT2D eigenvalue weighted by molar-refractivity contribution is 5.98. The van der Waals surface area contributed by atoms with Crippen molar-refractivity contribution in [3.8, 4) is 11.3 Å². The first-order chi connectivity index (χ1) is 16.9. The number of nitrogens with two attached hydrogens (primary N) is 1. The molecule has 4 N–H and O–H groups in total. The van der Waals surface area contributed by atoms with Crippen LogP contribution in [0.15, 0.2) is 42.7 Å². The molecule has 0 spiro atoms. The number of hydrogen-bond donors (Lipinski definition) is 3. The Morgan fingerprint density at radius 2 is 1.89 bits per heavy atom. The summed E-state index contributed by atoms with van der Waals surface area (Å²) >= 11 is 0. The fourth-order valence-corrected chi connectivity index (χ4v) is 4.25. The number of nitrogen functional groups attached to an aromatic ring is 1. The van der Waals surface area contributed by atoms with Gasteiger partial charge in [0.2, 0.25) is 0 Å². The number of rotatable bonds is 5. The minimum atomic E-state index is -1.35. The van der Waals surface area contributed by atoms with Crippen molar-refractivity contribution in [1.29, 1.82) is 0 Å². The summed E-state index contributed by atoms with van der Waals surface area (Å²) in [6, 6.07) is 8.27. The molecular weight excluding hydrogens is 459 g/mol. The van der Waals surface area contributed by atoms with Gasteiger partial charge in [-0.1, -0.05) is 24.3 Å². The van der Waals surface area contributed by atoms with Crippen molar-refractivity contribution in [1.82, 2.24) is 30.4 Å². The molecule has 0 unspecified atom stereocenters. The highest BCUT2D eigenvalue weighted by Crippen LogP contribution is 2.33. The van der Waals surface area contributed by atoms with Gasteiger partial charge in [-0.15, -0.1) is 0 Å². The zero-order valence-electron chi connectivity index (χ0n) is 18.6. The van der Waals surface area contributed by atoms with Gasteiger partial charge in [0.1, 0.15) is 23.7 Å². The van der Waals surface area contributed by atoms with Crippen molar-refractivity contribution in [2.24, 2.45) is 0 Å². The van der Waals surface area contributed by atoms with Crippen LogP contribution in [0.25, 0.3) is 22.3 Å². The average molecular weight is 481 g/mol. The van der Waals surface area contributed by atoms with Gasteiger partial charge >= 0.3 is 0 Å². The number of benzene rings is 2. The summed E-state index contributed by atoms with van der Waals surface area (Å²) in [5.41, 5.74) is 8.46. The van der Waals surface area contributed by atoms with Crippen LogP contribution in [0, 0.1) is 17.5 Å². The number of aromatic nitrogens is 4. The van der Waals surface area contributed by atoms with Gasteiger partial charge in [0.15, 0.2) is 17.3 Å². The van der Waals surface area contributed by atoms with Gasteiger partial charge in [-0.25, -0.2) is 27.8 Å². The van der Waals surface area contributed by atoms with Crippen LogP contribution in [0.5, 0.6) is 0 Å². The van der Waals surface area contributed by atoms with E-state index >= 15 is 0 Å². The number of halogens is 3. The molecule has 4 aromatic rings. The summed E-state index contributed by atoms with van der Waals surface area (Å²) in [5, 5.41) is 11.4. The topological polar surface area (TPSA) is 111 Å². The van der Waals surface area contributed by atoms with Gasteiger partial charge in [-0.2, -0.15) is 5.10 Å². The number of hydrogen-bond acceptors (Lipinski definition) is 6. The van der Waals surface area contributed by atoms with Crippen LogP contribution in [0.4, 0.5) is 19.0 Å². The Kier molecular flexibility index (Phi) is 6.08. The highest BCUT2D eigenvalue weighted by atomic mass is 19.2. The monoisotopic (exact) mass is 481 g/mol. The third-order valence-electron chi connectivity index (χ3n) is 6.07. The number of anilines is 1. The third-order valence-corrected chi connectivity index (χ3v) is 6.07. The van der Waals surface area contributed by atoms with E-state index in [1.165, 1.54) is 6.33 Å². The zero-order chi connectivity index (χ0) is 24.5. The minimum Gasteiger partial charge on any atom is -0.383 e. The second kappa shape index (κ2) is 9.34. The molecule has 0 radical (unpaired) electrons. The minimum absolute atomic E-state index is 0.0612. The first-order valence-electron chi connectivity index (χ1n) is 11.1. The van der Waals surface area contributed by atoms with Crippen LogP contribution in [0.2, 0.25) is 0 Å². The normalized spacial score (nSPS) is 15.9. The van der Waals surface area contributed by atoms with Gasteiger partial charge in [0.05, 0.1) is 17.0 Å². The van der Waals surface area contributed by atoms with E-state index in [1.807, 2.05) is 16.8 Å². The predicted octanol–water partition coefficient (Wildman–Crippen LogP) is 3.35. The molecule has 1 aliphatic rings. The van der Waals surface area contributed by atoms with Crippen LogP contribution < -0.4 is 16.4 Å². The first-order valence-corrected chi connectivity index (χ1v) is 11.1. The van der Waals surface area contributed by atoms with E-state index in [0.717, 1.165) is 37.1 Å². The molecule has 5 rings (SSSR count). The number of carbonyl (C=O) groups is 1. The maximum Gasteiger partial charge on any atom is 0.254 e. The molecule has 1 aliphatic heterocycles. The van der Waals surface area contributed by atoms with E-state index in [4.69, 9.17) is 10.8 Å². The summed E-state index contributed by atoms with van der Waals surface area (Å²) in [6.07, 6.45) is 3.44. The molecule has 35 heavy (non-hydrogen) atoms. The number of nitrogens with one attached hydrogen (secondary N) is 2. The zero-order valence-corrected chi connectivity index (χ0v) is 18.6. The summed E-state index contributed by atoms with van der Waals surface area (Å²) < 4.78 is 42.3. The van der Waals surface area contributed by atoms with Crippen LogP contribution in [-0.4, -0.2) is 38.7 Å². The van der Waals surface area contributed by atoms with Gasteiger partial charge in [-0.05, 0) is 31.0 Å². The second-order valence-corrected chi connectivity index (χ2v) is 8.38. The van der Waals surface area contributed by atoms with Gasteiger partial charge < -0.3 is 16.4 Å². The van der Waals surface area contributed by atoms with Crippen LogP contribution in [0.1, 0.15) is 34.8 Å². The van der Waals surface area contributed by atoms with Crippen molar-refractivity contribution < 1.29 is 18.0 Å². The van der Waals surface area contributed by atoms with Crippen LogP contribution in [0.3, 0.4) is 0 Å². The standard InChI is InChI=1S/C24H22F3N7O/c25-17-9-19(27)18(26)8-16(17)24(35)30-10-13-3-5-14(6-4-13)21-20-22(28)31-12-32-23(20)34(33-21)15-2-1-7-29-11-15/h3-6,8-9,12,15,29H,1-2,7,10-11H2,(H,30,35)(H2,28,31,32)/t15-/m1/s1. The first kappa shape index (κ1) is 22.8. The molecule has 1 saturated heterocycles. The number of amides is 1. The Balaban J connectivity index is 1.38. The van der Waals surface area contributed by atoms with Gasteiger partial charge in [0.25, 0.3) is 5.91 Å². The lowest BCUT2D eigenvalue weighted by Crippen LogP contribution is -2.32. The molecule has 0 aliphatic carbocycles. The molecule has 3 heterocycles. The Hall–Kier alpha value is -3.99. The lowest BCUT2D eigenvalue weighted by atomic mass is 10.1. The molecule has 1 fully saturated rings. The number of piperidine rings is 1. The molecule has 11 heteroatoms. The quantitative estimate of drug-likeness (QED) is 0.377. The van der Waals surface area contributed by atoms with E-state index in [0.29, 0.717) is 34.7 Å². The Morgan fingerprint density at radius 1 is 1.11 bits per heavy atom. The van der Waals surface area contributed by atoms with Gasteiger partial charge in [-0.3, -0.25) is 4.79 Å². The number of nitrogens with zero attached hydrogens (tertiary/aromatic N) is 4. The number of carbonyl (C=O) groups excluding carboxylic acids is 1. The molecule has 1 amide bonds. The van der Waals surface area contributed by atoms with E-state index < -0.39 is 28.9 Å². The molecule has 1 atom stereocenters.